The van der Waals surface area contributed by atoms with Crippen LogP contribution in [0.15, 0.2) is 29.1 Å². The van der Waals surface area contributed by atoms with Crippen molar-refractivity contribution in [3.8, 4) is 5.75 Å². The number of hydrogen-bond acceptors (Lipinski definition) is 7. The Bertz CT molecular complexity index is 1380. The van der Waals surface area contributed by atoms with Crippen molar-refractivity contribution in [1.82, 2.24) is 14.4 Å². The van der Waals surface area contributed by atoms with Crippen LogP contribution >= 0.6 is 11.3 Å². The summed E-state index contributed by atoms with van der Waals surface area (Å²) in [5, 5.41) is 8.60. The molecule has 0 aliphatic heterocycles. The van der Waals surface area contributed by atoms with Crippen molar-refractivity contribution in [2.45, 2.75) is 53.3 Å². The molecule has 0 spiro atoms. The largest absolute Gasteiger partial charge is 0.490 e. The maximum absolute atomic E-state index is 13.8. The van der Waals surface area contributed by atoms with Gasteiger partial charge in [-0.3, -0.25) is 9.59 Å². The van der Waals surface area contributed by atoms with Gasteiger partial charge in [0, 0.05) is 38.7 Å². The lowest BCUT2D eigenvalue weighted by Crippen LogP contribution is -2.36. The Hall–Kier alpha value is -3.16. The molecule has 9 nitrogen and oxygen atoms in total. The van der Waals surface area contributed by atoms with Gasteiger partial charge in [-0.2, -0.15) is 13.2 Å². The van der Waals surface area contributed by atoms with E-state index in [1.165, 1.54) is 11.3 Å². The quantitative estimate of drug-likeness (QED) is 0.240. The van der Waals surface area contributed by atoms with Crippen LogP contribution in [0.5, 0.6) is 5.75 Å². The van der Waals surface area contributed by atoms with Crippen molar-refractivity contribution < 1.29 is 37.3 Å². The van der Waals surface area contributed by atoms with Gasteiger partial charge in [0.25, 0.3) is 11.5 Å². The summed E-state index contributed by atoms with van der Waals surface area (Å²) in [6, 6.07) is 7.94. The average molecular weight is 616 g/mol. The Morgan fingerprint density at radius 3 is 2.26 bits per heavy atom. The number of unbranched alkanes of at least 4 members (excludes halogenated alkanes) is 1. The number of ether oxygens (including phenoxy) is 2. The number of carboxylic acid groups (broad SMARTS) is 1. The zero-order chi connectivity index (χ0) is 31.4. The molecule has 2 heterocycles. The number of aromatic nitrogens is 1. The highest BCUT2D eigenvalue weighted by Crippen LogP contribution is 2.40. The molecule has 1 N–H and O–H groups in total. The number of carboxylic acids is 1. The van der Waals surface area contributed by atoms with E-state index in [2.05, 4.69) is 25.7 Å². The summed E-state index contributed by atoms with van der Waals surface area (Å²) >= 11 is 1.36. The van der Waals surface area contributed by atoms with Gasteiger partial charge in [-0.05, 0) is 32.5 Å². The number of nitrogens with zero attached hydrogens (tertiary/aromatic N) is 3. The first-order chi connectivity index (χ1) is 19.9. The first kappa shape index (κ1) is 35.0. The summed E-state index contributed by atoms with van der Waals surface area (Å²) in [7, 11) is 1.82. The molecule has 0 aliphatic carbocycles. The van der Waals surface area contributed by atoms with Crippen molar-refractivity contribution in [3.63, 3.8) is 0 Å². The van der Waals surface area contributed by atoms with E-state index in [9.17, 15) is 22.8 Å². The number of carbonyl (C=O) groups excluding carboxylic acids is 1. The molecule has 234 valence electrons. The van der Waals surface area contributed by atoms with Crippen molar-refractivity contribution >= 4 is 44.2 Å². The Balaban J connectivity index is 0.000000782. The molecule has 2 aromatic heterocycles. The monoisotopic (exact) mass is 615 g/mol. The summed E-state index contributed by atoms with van der Waals surface area (Å²) in [6.45, 7) is 13.5. The molecule has 0 atom stereocenters. The van der Waals surface area contributed by atoms with Crippen LogP contribution in [0.3, 0.4) is 0 Å². The standard InChI is InChI=1S/C27H39N3O4S.C2HF3O2/c1-6-10-15-30-21-14-12-11-13-20(21)24-22(26(30)31)23(34-19-18-33-9-4)25(35-24)27(32)28(5)16-17-29(7-2)8-3;3-2(4,5)1(6)7/h11-14H,6-10,15-19H2,1-5H3;(H,6,7). The highest BCUT2D eigenvalue weighted by molar-refractivity contribution is 7.22. The van der Waals surface area contributed by atoms with E-state index >= 15 is 0 Å². The molecule has 0 radical (unpaired) electrons. The van der Waals surface area contributed by atoms with Crippen LogP contribution < -0.4 is 10.3 Å². The third kappa shape index (κ3) is 8.92. The van der Waals surface area contributed by atoms with E-state index in [-0.39, 0.29) is 18.1 Å². The topological polar surface area (TPSA) is 101 Å². The molecule has 0 bridgehead atoms. The van der Waals surface area contributed by atoms with Crippen LogP contribution in [0.1, 0.15) is 50.2 Å². The summed E-state index contributed by atoms with van der Waals surface area (Å²) in [6.07, 6.45) is -3.19. The molecule has 3 aromatic rings. The molecule has 0 unspecified atom stereocenters. The van der Waals surface area contributed by atoms with Crippen molar-refractivity contribution in [3.05, 3.63) is 39.5 Å². The van der Waals surface area contributed by atoms with E-state index in [4.69, 9.17) is 19.4 Å². The second-order valence-corrected chi connectivity index (χ2v) is 10.4. The second-order valence-electron chi connectivity index (χ2n) is 9.39. The fourth-order valence-corrected chi connectivity index (χ4v) is 5.48. The van der Waals surface area contributed by atoms with Crippen molar-refractivity contribution in [2.75, 3.05) is 53.0 Å². The van der Waals surface area contributed by atoms with Crippen molar-refractivity contribution in [2.24, 2.45) is 0 Å². The number of fused-ring (bicyclic) bond motifs is 3. The normalized spacial score (nSPS) is 11.5. The summed E-state index contributed by atoms with van der Waals surface area (Å²) in [4.78, 5) is 40.8. The highest BCUT2D eigenvalue weighted by Gasteiger charge is 2.38. The van der Waals surface area contributed by atoms with Crippen LogP contribution in [-0.2, 0) is 16.1 Å². The Labute approximate surface area is 247 Å². The van der Waals surface area contributed by atoms with Gasteiger partial charge in [-0.15, -0.1) is 11.3 Å². The minimum absolute atomic E-state index is 0.0975. The minimum atomic E-state index is -5.08. The molecule has 13 heteroatoms. The predicted molar refractivity (Wildman–Crippen MR) is 159 cm³/mol. The predicted octanol–water partition coefficient (Wildman–Crippen LogP) is 5.48. The number of hydrogen-bond donors (Lipinski definition) is 1. The Morgan fingerprint density at radius 1 is 1.05 bits per heavy atom. The lowest BCUT2D eigenvalue weighted by Gasteiger charge is -2.23. The fourth-order valence-electron chi connectivity index (χ4n) is 4.22. The lowest BCUT2D eigenvalue weighted by molar-refractivity contribution is -0.192. The van der Waals surface area contributed by atoms with Gasteiger partial charge in [0.05, 0.1) is 16.8 Å². The van der Waals surface area contributed by atoms with Gasteiger partial charge >= 0.3 is 12.1 Å². The molecular weight excluding hydrogens is 575 g/mol. The number of thiophene rings is 1. The number of likely N-dealkylation sites (N-methyl/N-ethyl adjacent to an activating group) is 2. The van der Waals surface area contributed by atoms with E-state index < -0.39 is 12.1 Å². The van der Waals surface area contributed by atoms with E-state index in [1.54, 1.807) is 4.90 Å². The number of aryl methyl sites for hydroxylation is 1. The summed E-state index contributed by atoms with van der Waals surface area (Å²) in [5.74, 6) is -2.48. The number of para-hydroxylation sites is 1. The molecule has 0 fully saturated rings. The molecule has 3 rings (SSSR count). The first-order valence-corrected chi connectivity index (χ1v) is 14.8. The first-order valence-electron chi connectivity index (χ1n) is 14.0. The maximum atomic E-state index is 13.8. The van der Waals surface area contributed by atoms with Crippen LogP contribution in [-0.4, -0.2) is 90.6 Å². The Morgan fingerprint density at radius 2 is 1.69 bits per heavy atom. The number of carbonyl (C=O) groups is 2. The molecule has 0 saturated carbocycles. The number of benzene rings is 1. The molecule has 1 aromatic carbocycles. The number of amides is 1. The zero-order valence-electron chi connectivity index (χ0n) is 24.8. The SMILES string of the molecule is CCCCn1c(=O)c2c(OCCOCC)c(C(=O)N(C)CCN(CC)CC)sc2c2ccccc21.O=C(O)C(F)(F)F. The fraction of sp³-hybridized carbons (Fsp3) is 0.552. The zero-order valence-corrected chi connectivity index (χ0v) is 25.6. The number of aliphatic carboxylic acids is 1. The van der Waals surface area contributed by atoms with Crippen molar-refractivity contribution in [1.29, 1.82) is 0 Å². The number of halogens is 3. The summed E-state index contributed by atoms with van der Waals surface area (Å²) < 4.78 is 46.0. The summed E-state index contributed by atoms with van der Waals surface area (Å²) in [5.41, 5.74) is 0.800. The van der Waals surface area contributed by atoms with Crippen LogP contribution in [0.4, 0.5) is 13.2 Å². The number of rotatable bonds is 14. The molecule has 0 aliphatic rings. The third-order valence-electron chi connectivity index (χ3n) is 6.61. The highest BCUT2D eigenvalue weighted by atomic mass is 32.1. The molecule has 0 saturated heterocycles. The van der Waals surface area contributed by atoms with Gasteiger partial charge in [0.15, 0.2) is 5.75 Å². The maximum Gasteiger partial charge on any atom is 0.490 e. The number of pyridine rings is 1. The number of alkyl halides is 3. The minimum Gasteiger partial charge on any atom is -0.489 e. The molecular formula is C29H40F3N3O6S. The van der Waals surface area contributed by atoms with E-state index in [1.807, 2.05) is 42.8 Å². The van der Waals surface area contributed by atoms with E-state index in [0.717, 1.165) is 48.1 Å². The van der Waals surface area contributed by atoms with Gasteiger partial charge in [0.1, 0.15) is 16.9 Å². The van der Waals surface area contributed by atoms with Crippen LogP contribution in [0.2, 0.25) is 0 Å². The smallest absolute Gasteiger partial charge is 0.489 e. The van der Waals surface area contributed by atoms with Gasteiger partial charge < -0.3 is 28.9 Å². The van der Waals surface area contributed by atoms with Crippen LogP contribution in [0, 0.1) is 0 Å². The third-order valence-corrected chi connectivity index (χ3v) is 7.80. The average Bonchev–Trinajstić information content (AvgIpc) is 3.35. The lowest BCUT2D eigenvalue weighted by atomic mass is 10.1. The van der Waals surface area contributed by atoms with Gasteiger partial charge in [-0.1, -0.05) is 45.4 Å². The second kappa shape index (κ2) is 16.5. The van der Waals surface area contributed by atoms with Crippen LogP contribution in [0.25, 0.3) is 21.0 Å². The van der Waals surface area contributed by atoms with Gasteiger partial charge in [0.2, 0.25) is 0 Å². The molecule has 1 amide bonds. The van der Waals surface area contributed by atoms with Gasteiger partial charge in [-0.25, -0.2) is 4.79 Å². The van der Waals surface area contributed by atoms with E-state index in [0.29, 0.717) is 42.3 Å². The Kier molecular flexibility index (Phi) is 13.7. The molecule has 42 heavy (non-hydrogen) atoms.